The highest BCUT2D eigenvalue weighted by Gasteiger charge is 2.19. The first kappa shape index (κ1) is 19.2. The molecule has 1 heterocycles. The highest BCUT2D eigenvalue weighted by atomic mass is 16.5. The zero-order valence-corrected chi connectivity index (χ0v) is 15.3. The Morgan fingerprint density at radius 1 is 1.32 bits per heavy atom. The smallest absolute Gasteiger partial charge is 0.220 e. The molecule has 1 aliphatic rings. The number of piperidine rings is 1. The third kappa shape index (κ3) is 6.05. The van der Waals surface area contributed by atoms with Crippen molar-refractivity contribution in [3.8, 4) is 11.5 Å². The van der Waals surface area contributed by atoms with Crippen molar-refractivity contribution >= 4 is 11.7 Å². The molecule has 0 bridgehead atoms. The van der Waals surface area contributed by atoms with Gasteiger partial charge < -0.3 is 20.1 Å². The number of nitrogens with one attached hydrogen (secondary N) is 2. The predicted molar refractivity (Wildman–Crippen MR) is 96.4 cm³/mol. The molecule has 2 unspecified atom stereocenters. The zero-order valence-electron chi connectivity index (χ0n) is 15.3. The summed E-state index contributed by atoms with van der Waals surface area (Å²) in [4.78, 5) is 23.4. The molecule has 6 heteroatoms. The molecular formula is C19H28N2O4. The Morgan fingerprint density at radius 3 is 2.80 bits per heavy atom. The summed E-state index contributed by atoms with van der Waals surface area (Å²) in [7, 11) is 1.54. The molecule has 2 rings (SSSR count). The largest absolute Gasteiger partial charge is 0.493 e. The lowest BCUT2D eigenvalue weighted by molar-refractivity contribution is -0.122. The van der Waals surface area contributed by atoms with Crippen LogP contribution in [-0.4, -0.2) is 44.0 Å². The number of benzene rings is 1. The quantitative estimate of drug-likeness (QED) is 0.557. The first-order chi connectivity index (χ1) is 12.0. The molecule has 0 aliphatic carbocycles. The van der Waals surface area contributed by atoms with Crippen molar-refractivity contribution in [2.24, 2.45) is 0 Å². The van der Waals surface area contributed by atoms with Gasteiger partial charge in [-0.1, -0.05) is 0 Å². The van der Waals surface area contributed by atoms with Gasteiger partial charge in [0.15, 0.2) is 17.3 Å². The Bertz CT molecular complexity index is 603. The van der Waals surface area contributed by atoms with E-state index in [9.17, 15) is 9.59 Å². The number of Topliss-reactive ketones (excluding diaryl/α,β-unsaturated/α-hetero) is 1. The Hall–Kier alpha value is -2.08. The van der Waals surface area contributed by atoms with Gasteiger partial charge in [-0.15, -0.1) is 0 Å². The molecule has 1 fully saturated rings. The number of ketones is 1. The van der Waals surface area contributed by atoms with Crippen LogP contribution >= 0.6 is 0 Å². The van der Waals surface area contributed by atoms with Crippen molar-refractivity contribution in [2.45, 2.75) is 51.6 Å². The Balaban J connectivity index is 1.73. The lowest BCUT2D eigenvalue weighted by Crippen LogP contribution is -2.46. The Morgan fingerprint density at radius 2 is 2.12 bits per heavy atom. The fourth-order valence-corrected chi connectivity index (χ4v) is 2.98. The molecular weight excluding hydrogens is 320 g/mol. The summed E-state index contributed by atoms with van der Waals surface area (Å²) in [6, 6.07) is 5.83. The highest BCUT2D eigenvalue weighted by Crippen LogP contribution is 2.28. The van der Waals surface area contributed by atoms with Gasteiger partial charge in [-0.2, -0.15) is 0 Å². The number of ether oxygens (including phenoxy) is 2. The van der Waals surface area contributed by atoms with Crippen LogP contribution in [0.1, 0.15) is 49.9 Å². The minimum Gasteiger partial charge on any atom is -0.493 e. The molecule has 2 N–H and O–H groups in total. The second-order valence-corrected chi connectivity index (χ2v) is 6.52. The second-order valence-electron chi connectivity index (χ2n) is 6.52. The van der Waals surface area contributed by atoms with Crippen molar-refractivity contribution in [3.05, 3.63) is 23.8 Å². The van der Waals surface area contributed by atoms with Gasteiger partial charge in [0.1, 0.15) is 0 Å². The molecule has 1 aromatic rings. The summed E-state index contributed by atoms with van der Waals surface area (Å²) in [6.45, 7) is 5.02. The van der Waals surface area contributed by atoms with E-state index < -0.39 is 0 Å². The molecule has 0 spiro atoms. The maximum absolute atomic E-state index is 12.0. The van der Waals surface area contributed by atoms with Crippen molar-refractivity contribution in [2.75, 3.05) is 20.3 Å². The number of carbonyl (C=O) groups is 2. The van der Waals surface area contributed by atoms with Gasteiger partial charge in [0.05, 0.1) is 13.7 Å². The van der Waals surface area contributed by atoms with E-state index in [0.717, 1.165) is 19.4 Å². The molecule has 1 amide bonds. The van der Waals surface area contributed by atoms with Crippen molar-refractivity contribution in [1.82, 2.24) is 10.6 Å². The Kier molecular flexibility index (Phi) is 7.25. The van der Waals surface area contributed by atoms with Crippen LogP contribution in [0.25, 0.3) is 0 Å². The standard InChI is InChI=1S/C19H28N2O4/c1-13-11-16(8-9-20-13)21-19(23)5-4-10-25-17-7-6-15(14(2)22)12-18(17)24-3/h6-7,12-13,16,20H,4-5,8-11H2,1-3H3,(H,21,23). The van der Waals surface area contributed by atoms with E-state index in [4.69, 9.17) is 9.47 Å². The molecule has 1 saturated heterocycles. The van der Waals surface area contributed by atoms with Crippen LogP contribution < -0.4 is 20.1 Å². The molecule has 25 heavy (non-hydrogen) atoms. The number of methoxy groups -OCH3 is 1. The summed E-state index contributed by atoms with van der Waals surface area (Å²) in [5, 5.41) is 6.47. The van der Waals surface area contributed by atoms with Crippen LogP contribution in [0.5, 0.6) is 11.5 Å². The van der Waals surface area contributed by atoms with Crippen LogP contribution in [0.15, 0.2) is 18.2 Å². The van der Waals surface area contributed by atoms with Gasteiger partial charge in [0.2, 0.25) is 5.91 Å². The molecule has 6 nitrogen and oxygen atoms in total. The summed E-state index contributed by atoms with van der Waals surface area (Å²) in [6.07, 6.45) is 3.02. The predicted octanol–water partition coefficient (Wildman–Crippen LogP) is 2.31. The fraction of sp³-hybridized carbons (Fsp3) is 0.579. The summed E-state index contributed by atoms with van der Waals surface area (Å²) in [5.41, 5.74) is 0.583. The Labute approximate surface area is 149 Å². The first-order valence-corrected chi connectivity index (χ1v) is 8.84. The van der Waals surface area contributed by atoms with Gasteiger partial charge >= 0.3 is 0 Å². The highest BCUT2D eigenvalue weighted by molar-refractivity contribution is 5.94. The average Bonchev–Trinajstić information content (AvgIpc) is 2.58. The van der Waals surface area contributed by atoms with E-state index in [1.807, 2.05) is 0 Å². The molecule has 0 aromatic heterocycles. The second kappa shape index (κ2) is 9.42. The first-order valence-electron chi connectivity index (χ1n) is 8.84. The molecule has 0 radical (unpaired) electrons. The van der Waals surface area contributed by atoms with E-state index in [1.165, 1.54) is 6.92 Å². The van der Waals surface area contributed by atoms with Crippen LogP contribution in [-0.2, 0) is 4.79 Å². The van der Waals surface area contributed by atoms with Crippen LogP contribution in [0.3, 0.4) is 0 Å². The number of hydrogen-bond donors (Lipinski definition) is 2. The van der Waals surface area contributed by atoms with E-state index in [0.29, 0.717) is 42.6 Å². The maximum Gasteiger partial charge on any atom is 0.220 e. The third-order valence-corrected chi connectivity index (χ3v) is 4.36. The van der Waals surface area contributed by atoms with Gasteiger partial charge in [-0.3, -0.25) is 9.59 Å². The van der Waals surface area contributed by atoms with Crippen LogP contribution in [0.2, 0.25) is 0 Å². The van der Waals surface area contributed by atoms with Crippen LogP contribution in [0, 0.1) is 0 Å². The average molecular weight is 348 g/mol. The van der Waals surface area contributed by atoms with Crippen molar-refractivity contribution < 1.29 is 19.1 Å². The number of rotatable bonds is 8. The minimum absolute atomic E-state index is 0.0197. The van der Waals surface area contributed by atoms with Gasteiger partial charge in [0.25, 0.3) is 0 Å². The number of hydrogen-bond acceptors (Lipinski definition) is 5. The summed E-state index contributed by atoms with van der Waals surface area (Å²) >= 11 is 0. The molecule has 1 aromatic carbocycles. The molecule has 138 valence electrons. The lowest BCUT2D eigenvalue weighted by atomic mass is 10.0. The molecule has 0 saturated carbocycles. The van der Waals surface area contributed by atoms with E-state index in [-0.39, 0.29) is 17.7 Å². The lowest BCUT2D eigenvalue weighted by Gasteiger charge is -2.28. The maximum atomic E-state index is 12.0. The van der Waals surface area contributed by atoms with Gasteiger partial charge in [-0.05, 0) is 57.9 Å². The third-order valence-electron chi connectivity index (χ3n) is 4.36. The molecule has 1 aliphatic heterocycles. The SMILES string of the molecule is COc1cc(C(C)=O)ccc1OCCCC(=O)NC1CCNC(C)C1. The van der Waals surface area contributed by atoms with Gasteiger partial charge in [-0.25, -0.2) is 0 Å². The van der Waals surface area contributed by atoms with Crippen molar-refractivity contribution in [3.63, 3.8) is 0 Å². The van der Waals surface area contributed by atoms with E-state index >= 15 is 0 Å². The van der Waals surface area contributed by atoms with E-state index in [2.05, 4.69) is 17.6 Å². The monoisotopic (exact) mass is 348 g/mol. The number of amides is 1. The fourth-order valence-electron chi connectivity index (χ4n) is 2.98. The van der Waals surface area contributed by atoms with E-state index in [1.54, 1.807) is 25.3 Å². The normalized spacial score (nSPS) is 20.0. The molecule has 2 atom stereocenters. The van der Waals surface area contributed by atoms with Gasteiger partial charge in [0, 0.05) is 24.1 Å². The number of carbonyl (C=O) groups excluding carboxylic acids is 2. The zero-order chi connectivity index (χ0) is 18.2. The summed E-state index contributed by atoms with van der Waals surface area (Å²) < 4.78 is 11.0. The van der Waals surface area contributed by atoms with Crippen molar-refractivity contribution in [1.29, 1.82) is 0 Å². The topological polar surface area (TPSA) is 76.7 Å². The van der Waals surface area contributed by atoms with Crippen LogP contribution in [0.4, 0.5) is 0 Å². The summed E-state index contributed by atoms with van der Waals surface area (Å²) in [5.74, 6) is 1.16. The minimum atomic E-state index is -0.0197.